The molecule has 7 nitrogen and oxygen atoms in total. The third-order valence-electron chi connectivity index (χ3n) is 4.71. The Kier molecular flexibility index (Phi) is 4.52. The van der Waals surface area contributed by atoms with Crippen molar-refractivity contribution in [1.82, 2.24) is 4.57 Å². The van der Waals surface area contributed by atoms with Gasteiger partial charge in [-0.1, -0.05) is 23.7 Å². The number of hydrogen-bond acceptors (Lipinski definition) is 5. The minimum absolute atomic E-state index is 0.139. The molecule has 4 rings (SSSR count). The highest BCUT2D eigenvalue weighted by atomic mass is 35.5. The first-order valence-corrected chi connectivity index (χ1v) is 8.89. The van der Waals surface area contributed by atoms with Gasteiger partial charge in [-0.3, -0.25) is 19.7 Å². The molecule has 2 aromatic heterocycles. The van der Waals surface area contributed by atoms with E-state index in [1.165, 1.54) is 24.5 Å². The topological polar surface area (TPSA) is 95.3 Å². The Morgan fingerprint density at radius 1 is 1.21 bits per heavy atom. The minimum Gasteiger partial charge on any atom is -0.459 e. The Morgan fingerprint density at radius 3 is 2.72 bits per heavy atom. The fourth-order valence-electron chi connectivity index (χ4n) is 3.43. The first-order chi connectivity index (χ1) is 13.9. The molecule has 0 aliphatic carbocycles. The van der Waals surface area contributed by atoms with Gasteiger partial charge < -0.3 is 8.98 Å². The van der Waals surface area contributed by atoms with Crippen molar-refractivity contribution in [3.63, 3.8) is 0 Å². The van der Waals surface area contributed by atoms with Crippen molar-refractivity contribution in [2.45, 2.75) is 0 Å². The van der Waals surface area contributed by atoms with Crippen LogP contribution in [0.3, 0.4) is 0 Å². The SMILES string of the molecule is Cn1cc(-c2coc(C(=O)C=O)c2-c2cccc([N+](=O)[O-])c2)c2cc(Cl)ccc21. The normalized spacial score (nSPS) is 11.0. The van der Waals surface area contributed by atoms with Crippen LogP contribution in [0.1, 0.15) is 10.6 Å². The van der Waals surface area contributed by atoms with Gasteiger partial charge in [0.25, 0.3) is 11.5 Å². The zero-order chi connectivity index (χ0) is 20.7. The Bertz CT molecular complexity index is 1300. The number of aromatic nitrogens is 1. The lowest BCUT2D eigenvalue weighted by Crippen LogP contribution is -2.00. The van der Waals surface area contributed by atoms with Crippen molar-refractivity contribution >= 4 is 40.3 Å². The van der Waals surface area contributed by atoms with Gasteiger partial charge in [0.2, 0.25) is 0 Å². The summed E-state index contributed by atoms with van der Waals surface area (Å²) in [6, 6.07) is 11.3. The van der Waals surface area contributed by atoms with Crippen LogP contribution in [-0.2, 0) is 11.8 Å². The van der Waals surface area contributed by atoms with Crippen molar-refractivity contribution < 1.29 is 18.9 Å². The first-order valence-electron chi connectivity index (χ1n) is 8.51. The summed E-state index contributed by atoms with van der Waals surface area (Å²) in [4.78, 5) is 34.0. The average molecular weight is 409 g/mol. The Labute approximate surface area is 169 Å². The molecule has 0 amide bonds. The van der Waals surface area contributed by atoms with E-state index in [0.29, 0.717) is 21.7 Å². The van der Waals surface area contributed by atoms with Crippen molar-refractivity contribution in [3.05, 3.63) is 75.8 Å². The zero-order valence-corrected chi connectivity index (χ0v) is 15.8. The molecule has 0 unspecified atom stereocenters. The zero-order valence-electron chi connectivity index (χ0n) is 15.1. The predicted octanol–water partition coefficient (Wildman–Crippen LogP) is 5.05. The second kappa shape index (κ2) is 7.03. The molecule has 0 bridgehead atoms. The third kappa shape index (κ3) is 3.11. The Balaban J connectivity index is 2.04. The van der Waals surface area contributed by atoms with Gasteiger partial charge in [0.15, 0.2) is 12.0 Å². The highest BCUT2D eigenvalue weighted by Gasteiger charge is 2.25. The summed E-state index contributed by atoms with van der Waals surface area (Å²) >= 11 is 6.17. The molecule has 0 aliphatic heterocycles. The summed E-state index contributed by atoms with van der Waals surface area (Å²) in [5.74, 6) is -1.02. The van der Waals surface area contributed by atoms with E-state index in [-0.39, 0.29) is 17.7 Å². The average Bonchev–Trinajstić information content (AvgIpc) is 3.28. The number of Topliss-reactive ketones (excluding diaryl/α,β-unsaturated/α-hetero) is 1. The van der Waals surface area contributed by atoms with Gasteiger partial charge >= 0.3 is 0 Å². The molecule has 144 valence electrons. The molecule has 0 atom stereocenters. The summed E-state index contributed by atoms with van der Waals surface area (Å²) in [5.41, 5.74) is 2.73. The molecular weight excluding hydrogens is 396 g/mol. The van der Waals surface area contributed by atoms with Crippen molar-refractivity contribution in [2.24, 2.45) is 7.05 Å². The maximum absolute atomic E-state index is 12.2. The van der Waals surface area contributed by atoms with Gasteiger partial charge in [-0.15, -0.1) is 0 Å². The standard InChI is InChI=1S/C21H13ClN2O5/c1-23-9-16(15-8-13(22)5-6-18(15)23)17-11-29-21(19(26)10-25)20(17)12-3-2-4-14(7-12)24(27)28/h2-11H,1H3. The molecular formula is C21H13ClN2O5. The number of benzene rings is 2. The number of non-ortho nitro benzene ring substituents is 1. The maximum atomic E-state index is 12.2. The largest absolute Gasteiger partial charge is 0.459 e. The van der Waals surface area contributed by atoms with Gasteiger partial charge in [-0.2, -0.15) is 0 Å². The quantitative estimate of drug-likeness (QED) is 0.151. The number of aldehydes is 1. The predicted molar refractivity (Wildman–Crippen MR) is 108 cm³/mol. The van der Waals surface area contributed by atoms with E-state index < -0.39 is 10.7 Å². The number of rotatable bonds is 5. The summed E-state index contributed by atoms with van der Waals surface area (Å²) in [6.45, 7) is 0. The molecule has 8 heteroatoms. The van der Waals surface area contributed by atoms with Gasteiger partial charge in [-0.05, 0) is 23.8 Å². The minimum atomic E-state index is -0.851. The number of ketones is 1. The molecule has 0 saturated carbocycles. The number of furan rings is 1. The Hall–Kier alpha value is -3.71. The second-order valence-corrected chi connectivity index (χ2v) is 6.89. The number of aryl methyl sites for hydroxylation is 1. The van der Waals surface area contributed by atoms with E-state index in [1.807, 2.05) is 23.9 Å². The maximum Gasteiger partial charge on any atom is 0.270 e. The molecule has 0 fully saturated rings. The smallest absolute Gasteiger partial charge is 0.270 e. The Morgan fingerprint density at radius 2 is 2.00 bits per heavy atom. The monoisotopic (exact) mass is 408 g/mol. The number of nitrogens with zero attached hydrogens (tertiary/aromatic N) is 2. The van der Waals surface area contributed by atoms with E-state index in [9.17, 15) is 19.7 Å². The van der Waals surface area contributed by atoms with Crippen LogP contribution >= 0.6 is 11.6 Å². The highest BCUT2D eigenvalue weighted by Crippen LogP contribution is 2.41. The number of carbonyl (C=O) groups is 2. The molecule has 0 radical (unpaired) electrons. The van der Waals surface area contributed by atoms with Gasteiger partial charge in [0, 0.05) is 58.0 Å². The lowest BCUT2D eigenvalue weighted by atomic mass is 9.95. The fourth-order valence-corrected chi connectivity index (χ4v) is 3.60. The number of nitro groups is 1. The van der Waals surface area contributed by atoms with Crippen molar-refractivity contribution in [2.75, 3.05) is 0 Å². The number of hydrogen-bond donors (Lipinski definition) is 0. The number of halogens is 1. The summed E-state index contributed by atoms with van der Waals surface area (Å²) in [7, 11) is 1.87. The fraction of sp³-hybridized carbons (Fsp3) is 0.0476. The van der Waals surface area contributed by atoms with E-state index >= 15 is 0 Å². The van der Waals surface area contributed by atoms with E-state index in [4.69, 9.17) is 16.0 Å². The van der Waals surface area contributed by atoms with Crippen molar-refractivity contribution in [3.8, 4) is 22.3 Å². The molecule has 0 aliphatic rings. The first kappa shape index (κ1) is 18.6. The summed E-state index contributed by atoms with van der Waals surface area (Å²) < 4.78 is 7.35. The van der Waals surface area contributed by atoms with Crippen LogP contribution in [0.4, 0.5) is 5.69 Å². The van der Waals surface area contributed by atoms with E-state index in [0.717, 1.165) is 16.5 Å². The van der Waals surface area contributed by atoms with Gasteiger partial charge in [0.1, 0.15) is 0 Å². The molecule has 2 aromatic carbocycles. The highest BCUT2D eigenvalue weighted by molar-refractivity contribution is 6.34. The molecule has 29 heavy (non-hydrogen) atoms. The van der Waals surface area contributed by atoms with E-state index in [1.54, 1.807) is 18.2 Å². The van der Waals surface area contributed by atoms with E-state index in [2.05, 4.69) is 0 Å². The van der Waals surface area contributed by atoms with Gasteiger partial charge in [-0.25, -0.2) is 0 Å². The second-order valence-electron chi connectivity index (χ2n) is 6.46. The number of fused-ring (bicyclic) bond motifs is 1. The molecule has 0 saturated heterocycles. The molecule has 2 heterocycles. The molecule has 4 aromatic rings. The van der Waals surface area contributed by atoms with Crippen LogP contribution in [0.25, 0.3) is 33.2 Å². The van der Waals surface area contributed by atoms with Crippen molar-refractivity contribution in [1.29, 1.82) is 0 Å². The summed E-state index contributed by atoms with van der Waals surface area (Å²) in [6.07, 6.45) is 3.38. The molecule has 0 spiro atoms. The molecule has 0 N–H and O–H groups in total. The lowest BCUT2D eigenvalue weighted by molar-refractivity contribution is -0.384. The van der Waals surface area contributed by atoms with Crippen LogP contribution < -0.4 is 0 Å². The van der Waals surface area contributed by atoms with Crippen LogP contribution in [0.2, 0.25) is 5.02 Å². The lowest BCUT2D eigenvalue weighted by Gasteiger charge is -2.05. The van der Waals surface area contributed by atoms with Crippen LogP contribution in [-0.4, -0.2) is 21.6 Å². The number of carbonyl (C=O) groups excluding carboxylic acids is 2. The van der Waals surface area contributed by atoms with Crippen LogP contribution in [0.5, 0.6) is 0 Å². The van der Waals surface area contributed by atoms with Gasteiger partial charge in [0.05, 0.1) is 11.2 Å². The number of nitro benzene ring substituents is 1. The van der Waals surface area contributed by atoms with Crippen LogP contribution in [0, 0.1) is 10.1 Å². The van der Waals surface area contributed by atoms with Crippen LogP contribution in [0.15, 0.2) is 59.3 Å². The third-order valence-corrected chi connectivity index (χ3v) is 4.94. The summed E-state index contributed by atoms with van der Waals surface area (Å²) in [5, 5.41) is 12.6.